The zero-order valence-electron chi connectivity index (χ0n) is 8.27. The van der Waals surface area contributed by atoms with Crippen LogP contribution in [0.15, 0.2) is 24.3 Å². The van der Waals surface area contributed by atoms with Crippen molar-refractivity contribution in [3.05, 3.63) is 30.3 Å². The summed E-state index contributed by atoms with van der Waals surface area (Å²) >= 11 is 0. The van der Waals surface area contributed by atoms with E-state index in [4.69, 9.17) is 0 Å². The molecule has 2 rings (SSSR count). The first-order chi connectivity index (χ1) is 6.79. The molecule has 1 aliphatic heterocycles. The van der Waals surface area contributed by atoms with Crippen LogP contribution in [0.3, 0.4) is 0 Å². The van der Waals surface area contributed by atoms with Gasteiger partial charge in [0.1, 0.15) is 0 Å². The van der Waals surface area contributed by atoms with Crippen LogP contribution in [0.1, 0.15) is 12.8 Å². The van der Waals surface area contributed by atoms with Gasteiger partial charge < -0.3 is 4.90 Å². The van der Waals surface area contributed by atoms with E-state index in [9.17, 15) is 9.59 Å². The first-order valence-corrected chi connectivity index (χ1v) is 4.60. The van der Waals surface area contributed by atoms with Crippen molar-refractivity contribution in [3.8, 4) is 0 Å². The Morgan fingerprint density at radius 2 is 1.87 bits per heavy atom. The van der Waals surface area contributed by atoms with Crippen LogP contribution in [0.2, 0.25) is 0 Å². The van der Waals surface area contributed by atoms with Crippen molar-refractivity contribution < 1.29 is 42.3 Å². The van der Waals surface area contributed by atoms with Crippen molar-refractivity contribution in [2.45, 2.75) is 12.8 Å². The molecule has 0 unspecified atom stereocenters. The van der Waals surface area contributed by atoms with E-state index in [1.54, 1.807) is 24.3 Å². The minimum absolute atomic E-state index is 0. The number of nitrogens with zero attached hydrogens (tertiary/aromatic N) is 1. The van der Waals surface area contributed by atoms with E-state index < -0.39 is 0 Å². The van der Waals surface area contributed by atoms with E-state index in [0.29, 0.717) is 13.0 Å². The molecule has 1 fully saturated rings. The van der Waals surface area contributed by atoms with Crippen LogP contribution >= 0.6 is 0 Å². The van der Waals surface area contributed by atoms with Gasteiger partial charge in [0.05, 0.1) is 0 Å². The molecular formula is C11H10NO2Y-. The van der Waals surface area contributed by atoms with E-state index in [1.165, 1.54) is 4.90 Å². The summed E-state index contributed by atoms with van der Waals surface area (Å²) in [7, 11) is 0. The fourth-order valence-corrected chi connectivity index (χ4v) is 1.56. The summed E-state index contributed by atoms with van der Waals surface area (Å²) < 4.78 is 0. The van der Waals surface area contributed by atoms with Gasteiger partial charge in [0.25, 0.3) is 5.91 Å². The smallest absolute Gasteiger partial charge is 0.292 e. The van der Waals surface area contributed by atoms with Crippen molar-refractivity contribution in [2.75, 3.05) is 11.4 Å². The summed E-state index contributed by atoms with van der Waals surface area (Å²) in [5.74, 6) is -0.675. The van der Waals surface area contributed by atoms with E-state index >= 15 is 0 Å². The molecule has 0 aliphatic carbocycles. The Hall–Kier alpha value is -0.536. The molecule has 0 aromatic heterocycles. The van der Waals surface area contributed by atoms with Crippen molar-refractivity contribution in [3.63, 3.8) is 0 Å². The van der Waals surface area contributed by atoms with Gasteiger partial charge in [0, 0.05) is 45.7 Å². The predicted molar refractivity (Wildman–Crippen MR) is 51.9 cm³/mol. The van der Waals surface area contributed by atoms with Gasteiger partial charge in [-0.2, -0.15) is 18.2 Å². The van der Waals surface area contributed by atoms with E-state index in [0.717, 1.165) is 12.1 Å². The number of benzene rings is 1. The Bertz CT molecular complexity index is 364. The number of amides is 1. The van der Waals surface area contributed by atoms with Gasteiger partial charge in [-0.25, -0.2) is 0 Å². The molecule has 1 radical (unpaired) electrons. The SMILES string of the molecule is O=C1CCCN(c2cc[c-]cc2)C1=O.[Y]. The summed E-state index contributed by atoms with van der Waals surface area (Å²) in [6.07, 6.45) is 1.14. The first-order valence-electron chi connectivity index (χ1n) is 4.60. The predicted octanol–water partition coefficient (Wildman–Crippen LogP) is 1.18. The Balaban J connectivity index is 0.00000112. The van der Waals surface area contributed by atoms with Crippen LogP contribution in [-0.2, 0) is 42.3 Å². The van der Waals surface area contributed by atoms with Crippen LogP contribution in [0.4, 0.5) is 5.69 Å². The first kappa shape index (κ1) is 12.5. The van der Waals surface area contributed by atoms with Crippen molar-refractivity contribution in [1.29, 1.82) is 0 Å². The molecule has 0 saturated carbocycles. The summed E-state index contributed by atoms with van der Waals surface area (Å²) in [4.78, 5) is 24.2. The molecule has 1 aromatic rings. The molecule has 1 saturated heterocycles. The maximum atomic E-state index is 11.5. The number of ketones is 1. The van der Waals surface area contributed by atoms with Crippen LogP contribution in [0.5, 0.6) is 0 Å². The van der Waals surface area contributed by atoms with Crippen LogP contribution in [0, 0.1) is 6.07 Å². The summed E-state index contributed by atoms with van der Waals surface area (Å²) in [6.45, 7) is 0.634. The molecule has 0 atom stereocenters. The standard InChI is InChI=1S/C11H10NO2.Y/c13-10-7-4-8-12(11(10)14)9-5-2-1-3-6-9;/h2-3,5-6H,4,7-8H2;/q-1;. The maximum Gasteiger partial charge on any atom is 0.292 e. The molecule has 3 nitrogen and oxygen atoms in total. The summed E-state index contributed by atoms with van der Waals surface area (Å²) in [5, 5.41) is 0. The Kier molecular flexibility index (Phi) is 4.61. The van der Waals surface area contributed by atoms with E-state index in [-0.39, 0.29) is 44.4 Å². The third-order valence-electron chi connectivity index (χ3n) is 2.28. The average molecular weight is 277 g/mol. The molecule has 1 heterocycles. The number of carbonyl (C=O) groups is 2. The number of hydrogen-bond acceptors (Lipinski definition) is 2. The molecule has 1 aromatic carbocycles. The molecule has 0 bridgehead atoms. The molecule has 4 heteroatoms. The second-order valence-electron chi connectivity index (χ2n) is 3.24. The minimum Gasteiger partial charge on any atom is -0.329 e. The zero-order chi connectivity index (χ0) is 9.97. The summed E-state index contributed by atoms with van der Waals surface area (Å²) in [5.41, 5.74) is 0.779. The number of anilines is 1. The van der Waals surface area contributed by atoms with Crippen molar-refractivity contribution in [1.82, 2.24) is 0 Å². The number of hydrogen-bond donors (Lipinski definition) is 0. The van der Waals surface area contributed by atoms with Crippen LogP contribution in [-0.4, -0.2) is 18.2 Å². The maximum absolute atomic E-state index is 11.5. The zero-order valence-corrected chi connectivity index (χ0v) is 11.1. The second-order valence-corrected chi connectivity index (χ2v) is 3.24. The van der Waals surface area contributed by atoms with Gasteiger partial charge in [-0.15, -0.1) is 12.1 Å². The molecule has 75 valence electrons. The van der Waals surface area contributed by atoms with Gasteiger partial charge in [0.15, 0.2) is 0 Å². The quantitative estimate of drug-likeness (QED) is 0.571. The Morgan fingerprint density at radius 1 is 1.20 bits per heavy atom. The number of carbonyl (C=O) groups excluding carboxylic acids is 2. The van der Waals surface area contributed by atoms with Gasteiger partial charge in [-0.1, -0.05) is 5.69 Å². The van der Waals surface area contributed by atoms with Crippen molar-refractivity contribution >= 4 is 17.4 Å². The Morgan fingerprint density at radius 3 is 2.53 bits per heavy atom. The molecule has 1 amide bonds. The van der Waals surface area contributed by atoms with Crippen LogP contribution in [0.25, 0.3) is 0 Å². The monoisotopic (exact) mass is 277 g/mol. The van der Waals surface area contributed by atoms with Crippen LogP contribution < -0.4 is 4.90 Å². The topological polar surface area (TPSA) is 37.4 Å². The fraction of sp³-hybridized carbons (Fsp3) is 0.273. The number of piperidine rings is 1. The van der Waals surface area contributed by atoms with E-state index in [2.05, 4.69) is 6.07 Å². The van der Waals surface area contributed by atoms with Gasteiger partial charge in [-0.05, 0) is 6.42 Å². The molecule has 15 heavy (non-hydrogen) atoms. The van der Waals surface area contributed by atoms with Gasteiger partial charge >= 0.3 is 0 Å². The molecular weight excluding hydrogens is 267 g/mol. The second kappa shape index (κ2) is 5.52. The molecule has 1 aliphatic rings. The number of rotatable bonds is 1. The Labute approximate surface area is 114 Å². The van der Waals surface area contributed by atoms with E-state index in [1.807, 2.05) is 0 Å². The largest absolute Gasteiger partial charge is 0.329 e. The average Bonchev–Trinajstić information content (AvgIpc) is 2.23. The van der Waals surface area contributed by atoms with Gasteiger partial charge in [-0.3, -0.25) is 9.59 Å². The molecule has 0 N–H and O–H groups in total. The third kappa shape index (κ3) is 2.73. The van der Waals surface area contributed by atoms with Crippen molar-refractivity contribution in [2.24, 2.45) is 0 Å². The third-order valence-corrected chi connectivity index (χ3v) is 2.28. The van der Waals surface area contributed by atoms with Gasteiger partial charge in [0.2, 0.25) is 5.78 Å². The normalized spacial score (nSPS) is 16.1. The minimum atomic E-state index is -0.387. The number of Topliss-reactive ketones (excluding diaryl/α,β-unsaturated/α-hetero) is 1. The molecule has 0 spiro atoms. The summed E-state index contributed by atoms with van der Waals surface area (Å²) in [6, 6.07) is 9.93. The fourth-order valence-electron chi connectivity index (χ4n) is 1.56.